The minimum absolute atomic E-state index is 0.463. The summed E-state index contributed by atoms with van der Waals surface area (Å²) in [6.45, 7) is 0. The lowest BCUT2D eigenvalue weighted by Crippen LogP contribution is -2.44. The Bertz CT molecular complexity index is 430. The van der Waals surface area contributed by atoms with Crippen LogP contribution in [0.2, 0.25) is 0 Å². The molecule has 0 amide bonds. The maximum atomic E-state index is 12.0. The highest BCUT2D eigenvalue weighted by Gasteiger charge is 2.38. The second-order valence-electron chi connectivity index (χ2n) is 4.34. The van der Waals surface area contributed by atoms with Crippen LogP contribution in [0.15, 0.2) is 30.3 Å². The predicted molar refractivity (Wildman–Crippen MR) is 70.7 cm³/mol. The Labute approximate surface area is 113 Å². The predicted octanol–water partition coefficient (Wildman–Crippen LogP) is 1.05. The van der Waals surface area contributed by atoms with Gasteiger partial charge in [-0.25, -0.2) is 0 Å². The number of esters is 2. The van der Waals surface area contributed by atoms with E-state index < -0.39 is 23.9 Å². The summed E-state index contributed by atoms with van der Waals surface area (Å²) in [7, 11) is 6.06. The number of nitrogens with zero attached hydrogens (tertiary/aromatic N) is 1. The van der Waals surface area contributed by atoms with Gasteiger partial charge >= 0.3 is 11.9 Å². The van der Waals surface area contributed by atoms with Gasteiger partial charge in [-0.1, -0.05) is 30.3 Å². The van der Waals surface area contributed by atoms with Crippen LogP contribution in [-0.4, -0.2) is 51.2 Å². The molecule has 0 N–H and O–H groups in total. The zero-order valence-corrected chi connectivity index (χ0v) is 11.6. The maximum Gasteiger partial charge on any atom is 0.324 e. The van der Waals surface area contributed by atoms with Gasteiger partial charge in [-0.3, -0.25) is 14.5 Å². The first-order chi connectivity index (χ1) is 9.02. The number of ether oxygens (including phenoxy) is 2. The van der Waals surface area contributed by atoms with Crippen LogP contribution in [0.25, 0.3) is 0 Å². The Kier molecular flexibility index (Phi) is 5.51. The lowest BCUT2D eigenvalue weighted by molar-refractivity contribution is -0.154. The van der Waals surface area contributed by atoms with Gasteiger partial charge in [0.2, 0.25) is 0 Å². The van der Waals surface area contributed by atoms with Crippen molar-refractivity contribution in [3.05, 3.63) is 35.9 Å². The first kappa shape index (κ1) is 15.2. The van der Waals surface area contributed by atoms with E-state index >= 15 is 0 Å². The van der Waals surface area contributed by atoms with E-state index in [-0.39, 0.29) is 0 Å². The van der Waals surface area contributed by atoms with Crippen molar-refractivity contribution in [2.45, 2.75) is 12.0 Å². The summed E-state index contributed by atoms with van der Waals surface area (Å²) in [6, 6.07) is 8.34. The van der Waals surface area contributed by atoms with Crippen molar-refractivity contribution < 1.29 is 19.1 Å². The summed E-state index contributed by atoms with van der Waals surface area (Å²) >= 11 is 0. The van der Waals surface area contributed by atoms with E-state index in [4.69, 9.17) is 9.47 Å². The van der Waals surface area contributed by atoms with Crippen molar-refractivity contribution in [3.63, 3.8) is 0 Å². The second-order valence-corrected chi connectivity index (χ2v) is 4.34. The minimum atomic E-state index is -0.722. The average molecular weight is 265 g/mol. The van der Waals surface area contributed by atoms with Crippen molar-refractivity contribution in [2.24, 2.45) is 0 Å². The van der Waals surface area contributed by atoms with Crippen LogP contribution in [0, 0.1) is 0 Å². The Hall–Kier alpha value is -1.88. The first-order valence-corrected chi connectivity index (χ1v) is 5.90. The molecule has 5 heteroatoms. The fraction of sp³-hybridized carbons (Fsp3) is 0.429. The lowest BCUT2D eigenvalue weighted by Gasteiger charge is -2.28. The van der Waals surface area contributed by atoms with Gasteiger partial charge in [0.15, 0.2) is 0 Å². The smallest absolute Gasteiger partial charge is 0.324 e. The minimum Gasteiger partial charge on any atom is -0.468 e. The van der Waals surface area contributed by atoms with Gasteiger partial charge in [-0.05, 0) is 19.7 Å². The highest BCUT2D eigenvalue weighted by Crippen LogP contribution is 2.25. The van der Waals surface area contributed by atoms with Crippen molar-refractivity contribution in [3.8, 4) is 0 Å². The van der Waals surface area contributed by atoms with Crippen LogP contribution in [0.3, 0.4) is 0 Å². The third-order valence-corrected chi connectivity index (χ3v) is 2.93. The number of carbonyl (C=O) groups excluding carboxylic acids is 2. The highest BCUT2D eigenvalue weighted by molar-refractivity contribution is 5.88. The Morgan fingerprint density at radius 3 is 1.95 bits per heavy atom. The summed E-state index contributed by atoms with van der Waals surface area (Å²) in [5.41, 5.74) is 0.721. The zero-order chi connectivity index (χ0) is 14.4. The molecule has 1 aromatic carbocycles. The van der Waals surface area contributed by atoms with E-state index in [1.807, 2.05) is 18.2 Å². The molecule has 0 aromatic heterocycles. The molecule has 0 bridgehead atoms. The number of benzene rings is 1. The molecule has 104 valence electrons. The second kappa shape index (κ2) is 6.89. The SMILES string of the molecule is COC(=O)C(c1ccccc1)C(C(=O)OC)N(C)C. The third-order valence-electron chi connectivity index (χ3n) is 2.93. The standard InChI is InChI=1S/C14H19NO4/c1-15(2)12(14(17)19-4)11(13(16)18-3)10-8-6-5-7-9-10/h5-9,11-12H,1-4H3. The van der Waals surface area contributed by atoms with Crippen molar-refractivity contribution >= 4 is 11.9 Å². The molecule has 2 atom stereocenters. The molecule has 2 unspecified atom stereocenters. The number of likely N-dealkylation sites (N-methyl/N-ethyl adjacent to an activating group) is 1. The first-order valence-electron chi connectivity index (χ1n) is 5.90. The van der Waals surface area contributed by atoms with Crippen LogP contribution in [0.5, 0.6) is 0 Å². The molecule has 0 aliphatic carbocycles. The topological polar surface area (TPSA) is 55.8 Å². The monoisotopic (exact) mass is 265 g/mol. The summed E-state index contributed by atoms with van der Waals surface area (Å²) in [5, 5.41) is 0. The van der Waals surface area contributed by atoms with Gasteiger partial charge in [0.05, 0.1) is 14.2 Å². The normalized spacial score (nSPS) is 13.7. The average Bonchev–Trinajstić information content (AvgIpc) is 2.43. The van der Waals surface area contributed by atoms with Crippen LogP contribution in [0.1, 0.15) is 11.5 Å². The molecule has 0 saturated heterocycles. The summed E-state index contributed by atoms with van der Waals surface area (Å²) in [5.74, 6) is -1.65. The van der Waals surface area contributed by atoms with E-state index in [0.29, 0.717) is 0 Å². The van der Waals surface area contributed by atoms with Crippen LogP contribution >= 0.6 is 0 Å². The molecular weight excluding hydrogens is 246 g/mol. The molecule has 5 nitrogen and oxygen atoms in total. The highest BCUT2D eigenvalue weighted by atomic mass is 16.5. The van der Waals surface area contributed by atoms with Gasteiger partial charge in [0, 0.05) is 0 Å². The maximum absolute atomic E-state index is 12.0. The molecule has 0 heterocycles. The van der Waals surface area contributed by atoms with Gasteiger partial charge in [0.1, 0.15) is 12.0 Å². The van der Waals surface area contributed by atoms with E-state index in [2.05, 4.69) is 0 Å². The van der Waals surface area contributed by atoms with Gasteiger partial charge in [-0.2, -0.15) is 0 Å². The zero-order valence-electron chi connectivity index (χ0n) is 11.6. The molecule has 0 fully saturated rings. The number of carbonyl (C=O) groups is 2. The Morgan fingerprint density at radius 2 is 1.53 bits per heavy atom. The van der Waals surface area contributed by atoms with Crippen molar-refractivity contribution in [2.75, 3.05) is 28.3 Å². The molecule has 1 rings (SSSR count). The molecule has 0 aliphatic rings. The molecule has 0 aliphatic heterocycles. The van der Waals surface area contributed by atoms with Crippen LogP contribution in [0.4, 0.5) is 0 Å². The molecule has 0 spiro atoms. The molecule has 0 radical (unpaired) electrons. The number of methoxy groups -OCH3 is 2. The van der Waals surface area contributed by atoms with Crippen LogP contribution < -0.4 is 0 Å². The number of hydrogen-bond donors (Lipinski definition) is 0. The quantitative estimate of drug-likeness (QED) is 0.745. The van der Waals surface area contributed by atoms with Crippen molar-refractivity contribution in [1.82, 2.24) is 4.90 Å². The van der Waals surface area contributed by atoms with Gasteiger partial charge in [0.25, 0.3) is 0 Å². The third kappa shape index (κ3) is 3.54. The fourth-order valence-corrected chi connectivity index (χ4v) is 2.00. The summed E-state index contributed by atoms with van der Waals surface area (Å²) in [6.07, 6.45) is 0. The Balaban J connectivity index is 3.22. The van der Waals surface area contributed by atoms with E-state index in [1.165, 1.54) is 14.2 Å². The van der Waals surface area contributed by atoms with Crippen LogP contribution in [-0.2, 0) is 19.1 Å². The van der Waals surface area contributed by atoms with Gasteiger partial charge < -0.3 is 9.47 Å². The molecule has 0 saturated carbocycles. The summed E-state index contributed by atoms with van der Waals surface area (Å²) in [4.78, 5) is 25.6. The molecule has 19 heavy (non-hydrogen) atoms. The van der Waals surface area contributed by atoms with Gasteiger partial charge in [-0.15, -0.1) is 0 Å². The number of rotatable bonds is 5. The molecule has 1 aromatic rings. The number of hydrogen-bond acceptors (Lipinski definition) is 5. The van der Waals surface area contributed by atoms with Crippen molar-refractivity contribution in [1.29, 1.82) is 0 Å². The Morgan fingerprint density at radius 1 is 1.00 bits per heavy atom. The van der Waals surface area contributed by atoms with E-state index in [0.717, 1.165) is 5.56 Å². The van der Waals surface area contributed by atoms with E-state index in [1.54, 1.807) is 31.1 Å². The lowest BCUT2D eigenvalue weighted by atomic mass is 9.90. The van der Waals surface area contributed by atoms with E-state index in [9.17, 15) is 9.59 Å². The summed E-state index contributed by atoms with van der Waals surface area (Å²) < 4.78 is 9.60. The molecular formula is C14H19NO4. The fourth-order valence-electron chi connectivity index (χ4n) is 2.00. The largest absolute Gasteiger partial charge is 0.468 e.